The Kier molecular flexibility index (Phi) is 5.78. The van der Waals surface area contributed by atoms with Crippen LogP contribution in [0.15, 0.2) is 72.9 Å². The summed E-state index contributed by atoms with van der Waals surface area (Å²) in [6, 6.07) is 22.3. The molecule has 2 atom stereocenters. The van der Waals surface area contributed by atoms with Crippen molar-refractivity contribution in [1.82, 2.24) is 10.3 Å². The van der Waals surface area contributed by atoms with E-state index in [2.05, 4.69) is 35.4 Å². The number of amides is 1. The minimum absolute atomic E-state index is 0.00927. The zero-order valence-corrected chi connectivity index (χ0v) is 18.9. The number of hydrogen-bond acceptors (Lipinski definition) is 3. The Morgan fingerprint density at radius 1 is 1.00 bits per heavy atom. The zero-order valence-electron chi connectivity index (χ0n) is 18.9. The quantitative estimate of drug-likeness (QED) is 0.378. The second kappa shape index (κ2) is 9.02. The first-order valence-corrected chi connectivity index (χ1v) is 11.5. The van der Waals surface area contributed by atoms with E-state index in [4.69, 9.17) is 9.47 Å². The number of aromatic nitrogens is 1. The smallest absolute Gasteiger partial charge is 0.231 e. The highest BCUT2D eigenvalue weighted by Gasteiger charge is 2.25. The van der Waals surface area contributed by atoms with Gasteiger partial charge >= 0.3 is 0 Å². The average molecular weight is 441 g/mol. The summed E-state index contributed by atoms with van der Waals surface area (Å²) in [7, 11) is 0. The number of hydrogen-bond donors (Lipinski definition) is 2. The molecular formula is C28H28N2O3. The lowest BCUT2D eigenvalue weighted by molar-refractivity contribution is -0.121. The van der Waals surface area contributed by atoms with Gasteiger partial charge in [0.2, 0.25) is 12.7 Å². The molecule has 4 aromatic rings. The van der Waals surface area contributed by atoms with Gasteiger partial charge in [-0.2, -0.15) is 0 Å². The fourth-order valence-electron chi connectivity index (χ4n) is 4.67. The molecule has 1 amide bonds. The molecule has 0 saturated carbocycles. The number of carbonyl (C=O) groups excluding carboxylic acids is 1. The van der Waals surface area contributed by atoms with Gasteiger partial charge in [-0.3, -0.25) is 4.79 Å². The van der Waals surface area contributed by atoms with Gasteiger partial charge in [-0.1, -0.05) is 61.5 Å². The molecule has 0 aliphatic carbocycles. The average Bonchev–Trinajstić information content (AvgIpc) is 3.49. The van der Waals surface area contributed by atoms with Crippen molar-refractivity contribution in [2.24, 2.45) is 0 Å². The number of aromatic amines is 1. The van der Waals surface area contributed by atoms with E-state index in [0.717, 1.165) is 45.5 Å². The van der Waals surface area contributed by atoms with Gasteiger partial charge in [0.15, 0.2) is 11.5 Å². The third-order valence-corrected chi connectivity index (χ3v) is 6.46. The number of aryl methyl sites for hydroxylation is 1. The van der Waals surface area contributed by atoms with Crippen LogP contribution in [-0.4, -0.2) is 17.7 Å². The summed E-state index contributed by atoms with van der Waals surface area (Å²) in [5.41, 5.74) is 5.64. The van der Waals surface area contributed by atoms with Crippen molar-refractivity contribution in [3.8, 4) is 11.5 Å². The van der Waals surface area contributed by atoms with Gasteiger partial charge in [0.1, 0.15) is 0 Å². The summed E-state index contributed by atoms with van der Waals surface area (Å²) < 4.78 is 11.1. The topological polar surface area (TPSA) is 63.4 Å². The molecule has 0 fully saturated rings. The summed E-state index contributed by atoms with van der Waals surface area (Å²) in [5.74, 6) is 1.36. The number of carbonyl (C=O) groups is 1. The SMILES string of the molecule is CCc1cccc2c(C(CC(=O)NC(C)c3ccccc3)c3ccc4c(c3)OCO4)c[nH]c12. The molecule has 0 spiro atoms. The maximum atomic E-state index is 13.2. The molecule has 168 valence electrons. The van der Waals surface area contributed by atoms with Crippen LogP contribution in [0.4, 0.5) is 0 Å². The molecule has 3 aromatic carbocycles. The van der Waals surface area contributed by atoms with E-state index in [-0.39, 0.29) is 24.7 Å². The Labute approximate surface area is 193 Å². The molecule has 33 heavy (non-hydrogen) atoms. The number of nitrogens with one attached hydrogen (secondary N) is 2. The van der Waals surface area contributed by atoms with Crippen molar-refractivity contribution in [3.05, 3.63) is 95.2 Å². The van der Waals surface area contributed by atoms with Crippen molar-refractivity contribution in [1.29, 1.82) is 0 Å². The summed E-state index contributed by atoms with van der Waals surface area (Å²) in [4.78, 5) is 16.7. The molecule has 2 heterocycles. The first kappa shape index (κ1) is 21.1. The predicted molar refractivity (Wildman–Crippen MR) is 130 cm³/mol. The first-order chi connectivity index (χ1) is 16.1. The Morgan fingerprint density at radius 2 is 1.82 bits per heavy atom. The third kappa shape index (κ3) is 4.19. The van der Waals surface area contributed by atoms with Crippen molar-refractivity contribution < 1.29 is 14.3 Å². The Hall–Kier alpha value is -3.73. The molecule has 1 aliphatic heterocycles. The third-order valence-electron chi connectivity index (χ3n) is 6.46. The molecule has 1 aliphatic rings. The summed E-state index contributed by atoms with van der Waals surface area (Å²) in [6.07, 6.45) is 3.33. The molecule has 0 saturated heterocycles. The van der Waals surface area contributed by atoms with E-state index in [1.807, 2.05) is 61.7 Å². The van der Waals surface area contributed by atoms with Gasteiger partial charge in [-0.15, -0.1) is 0 Å². The van der Waals surface area contributed by atoms with Gasteiger partial charge in [0.05, 0.1) is 6.04 Å². The predicted octanol–water partition coefficient (Wildman–Crippen LogP) is 5.86. The van der Waals surface area contributed by atoms with Crippen molar-refractivity contribution in [2.75, 3.05) is 6.79 Å². The van der Waals surface area contributed by atoms with Crippen molar-refractivity contribution in [2.45, 2.75) is 38.6 Å². The van der Waals surface area contributed by atoms with Crippen molar-refractivity contribution in [3.63, 3.8) is 0 Å². The maximum Gasteiger partial charge on any atom is 0.231 e. The van der Waals surface area contributed by atoms with Crippen LogP contribution in [0.5, 0.6) is 11.5 Å². The Bertz CT molecular complexity index is 1280. The second-order valence-electron chi connectivity index (χ2n) is 8.51. The number of H-pyrrole nitrogens is 1. The van der Waals surface area contributed by atoms with Gasteiger partial charge in [0, 0.05) is 29.4 Å². The van der Waals surface area contributed by atoms with Crippen LogP contribution >= 0.6 is 0 Å². The molecular weight excluding hydrogens is 412 g/mol. The van der Waals surface area contributed by atoms with E-state index in [1.165, 1.54) is 5.56 Å². The minimum Gasteiger partial charge on any atom is -0.454 e. The van der Waals surface area contributed by atoms with Crippen LogP contribution in [-0.2, 0) is 11.2 Å². The van der Waals surface area contributed by atoms with Crippen LogP contribution in [0.25, 0.3) is 10.9 Å². The number of benzene rings is 3. The van der Waals surface area contributed by atoms with E-state index >= 15 is 0 Å². The Morgan fingerprint density at radius 3 is 2.64 bits per heavy atom. The second-order valence-corrected chi connectivity index (χ2v) is 8.51. The Balaban J connectivity index is 1.49. The summed E-state index contributed by atoms with van der Waals surface area (Å²) >= 11 is 0. The summed E-state index contributed by atoms with van der Waals surface area (Å²) in [6.45, 7) is 4.40. The fraction of sp³-hybridized carbons (Fsp3) is 0.250. The van der Waals surface area contributed by atoms with Crippen LogP contribution in [0.1, 0.15) is 54.5 Å². The maximum absolute atomic E-state index is 13.2. The van der Waals surface area contributed by atoms with Crippen molar-refractivity contribution >= 4 is 16.8 Å². The lowest BCUT2D eigenvalue weighted by Gasteiger charge is -2.20. The lowest BCUT2D eigenvalue weighted by Crippen LogP contribution is -2.28. The largest absolute Gasteiger partial charge is 0.454 e. The summed E-state index contributed by atoms with van der Waals surface area (Å²) in [5, 5.41) is 4.33. The van der Waals surface area contributed by atoms with Gasteiger partial charge in [-0.25, -0.2) is 0 Å². The van der Waals surface area contributed by atoms with E-state index in [0.29, 0.717) is 6.42 Å². The molecule has 0 radical (unpaired) electrons. The molecule has 5 rings (SSSR count). The normalized spacial score (nSPS) is 14.2. The minimum atomic E-state index is -0.122. The standard InChI is InChI=1S/C28H28N2O3/c1-3-19-10-7-11-22-24(16-29-28(19)22)23(21-12-13-25-26(14-21)33-17-32-25)15-27(31)30-18(2)20-8-5-4-6-9-20/h4-14,16,18,23,29H,3,15,17H2,1-2H3,(H,30,31). The van der Waals surface area contributed by atoms with E-state index < -0.39 is 0 Å². The van der Waals surface area contributed by atoms with Gasteiger partial charge in [-0.05, 0) is 47.7 Å². The van der Waals surface area contributed by atoms with Crippen LogP contribution in [0.3, 0.4) is 0 Å². The zero-order chi connectivity index (χ0) is 22.8. The van der Waals surface area contributed by atoms with Crippen LogP contribution < -0.4 is 14.8 Å². The first-order valence-electron chi connectivity index (χ1n) is 11.5. The molecule has 5 heteroatoms. The van der Waals surface area contributed by atoms with Crippen LogP contribution in [0.2, 0.25) is 0 Å². The number of para-hydroxylation sites is 1. The highest BCUT2D eigenvalue weighted by atomic mass is 16.7. The fourth-order valence-corrected chi connectivity index (χ4v) is 4.67. The van der Waals surface area contributed by atoms with Crippen LogP contribution in [0, 0.1) is 0 Å². The highest BCUT2D eigenvalue weighted by molar-refractivity contribution is 5.88. The lowest BCUT2D eigenvalue weighted by atomic mass is 9.87. The van der Waals surface area contributed by atoms with Gasteiger partial charge < -0.3 is 19.8 Å². The number of ether oxygens (including phenoxy) is 2. The molecule has 5 nitrogen and oxygen atoms in total. The molecule has 0 bridgehead atoms. The van der Waals surface area contributed by atoms with Gasteiger partial charge in [0.25, 0.3) is 0 Å². The molecule has 2 N–H and O–H groups in total. The highest BCUT2D eigenvalue weighted by Crippen LogP contribution is 2.40. The molecule has 1 aromatic heterocycles. The number of fused-ring (bicyclic) bond motifs is 2. The van der Waals surface area contributed by atoms with E-state index in [1.54, 1.807) is 0 Å². The monoisotopic (exact) mass is 440 g/mol. The number of rotatable bonds is 7. The molecule has 2 unspecified atom stereocenters. The van der Waals surface area contributed by atoms with E-state index in [9.17, 15) is 4.79 Å².